The number of ketones is 1. The second-order valence-electron chi connectivity index (χ2n) is 4.09. The van der Waals surface area contributed by atoms with Gasteiger partial charge in [0.2, 0.25) is 0 Å². The van der Waals surface area contributed by atoms with Gasteiger partial charge in [0.15, 0.2) is 5.78 Å². The maximum absolute atomic E-state index is 12.0. The van der Waals surface area contributed by atoms with Crippen LogP contribution >= 0.6 is 0 Å². The molecule has 0 aromatic rings. The Hall–Kier alpha value is -1.11. The molecule has 1 aliphatic rings. The molecule has 90 valence electrons. The van der Waals surface area contributed by atoms with Crippen molar-refractivity contribution in [2.75, 3.05) is 0 Å². The van der Waals surface area contributed by atoms with Gasteiger partial charge in [-0.1, -0.05) is 37.1 Å². The number of hydrogen-bond acceptors (Lipinski definition) is 1. The summed E-state index contributed by atoms with van der Waals surface area (Å²) in [5.41, 5.74) is 4.10. The van der Waals surface area contributed by atoms with Crippen LogP contribution < -0.4 is 0 Å². The molecule has 0 fully saturated rings. The molecule has 0 atom stereocenters. The molecule has 1 nitrogen and oxygen atoms in total. The van der Waals surface area contributed by atoms with Gasteiger partial charge < -0.3 is 0 Å². The highest BCUT2D eigenvalue weighted by Gasteiger charge is 2.14. The lowest BCUT2D eigenvalue weighted by atomic mass is 9.92. The van der Waals surface area contributed by atoms with Crippen molar-refractivity contribution in [3.05, 3.63) is 34.4 Å². The zero-order chi connectivity index (χ0) is 12.7. The lowest BCUT2D eigenvalue weighted by Gasteiger charge is -2.12. The SMILES string of the molecule is CC.CC(C)=C(C)C(=O)C1=C(C)CCC=C1. The van der Waals surface area contributed by atoms with E-state index >= 15 is 0 Å². The fraction of sp³-hybridized carbons (Fsp3) is 0.533. The van der Waals surface area contributed by atoms with Crippen LogP contribution in [0.2, 0.25) is 0 Å². The van der Waals surface area contributed by atoms with Crippen LogP contribution in [-0.2, 0) is 4.79 Å². The summed E-state index contributed by atoms with van der Waals surface area (Å²) in [6, 6.07) is 0. The van der Waals surface area contributed by atoms with E-state index in [1.807, 2.05) is 40.7 Å². The van der Waals surface area contributed by atoms with Gasteiger partial charge in [-0.25, -0.2) is 0 Å². The number of Topliss-reactive ketones (excluding diaryl/α,β-unsaturated/α-hetero) is 1. The third-order valence-electron chi connectivity index (χ3n) is 2.77. The van der Waals surface area contributed by atoms with E-state index < -0.39 is 0 Å². The molecule has 0 aromatic heterocycles. The standard InChI is InChI=1S/C13H18O.C2H6/c1-9(2)11(4)13(14)12-8-6-5-7-10(12)3;1-2/h6,8H,5,7H2,1-4H3;1-2H3. The summed E-state index contributed by atoms with van der Waals surface area (Å²) in [6.07, 6.45) is 6.14. The van der Waals surface area contributed by atoms with E-state index in [1.165, 1.54) is 5.57 Å². The predicted octanol–water partition coefficient (Wildman–Crippen LogP) is 4.60. The Bertz CT molecular complexity index is 336. The van der Waals surface area contributed by atoms with Gasteiger partial charge in [0, 0.05) is 5.57 Å². The minimum Gasteiger partial charge on any atom is -0.289 e. The Balaban J connectivity index is 0.00000106. The Morgan fingerprint density at radius 1 is 1.19 bits per heavy atom. The summed E-state index contributed by atoms with van der Waals surface area (Å²) in [5.74, 6) is 0.193. The molecular weight excluding hydrogens is 196 g/mol. The first-order valence-corrected chi connectivity index (χ1v) is 6.09. The summed E-state index contributed by atoms with van der Waals surface area (Å²) in [6.45, 7) is 11.9. The van der Waals surface area contributed by atoms with Crippen LogP contribution in [0.1, 0.15) is 54.4 Å². The normalized spacial score (nSPS) is 14.1. The molecule has 1 heteroatoms. The highest BCUT2D eigenvalue weighted by molar-refractivity contribution is 6.10. The maximum Gasteiger partial charge on any atom is 0.188 e. The molecule has 0 unspecified atom stereocenters. The largest absolute Gasteiger partial charge is 0.289 e. The second-order valence-corrected chi connectivity index (χ2v) is 4.09. The first-order valence-electron chi connectivity index (χ1n) is 6.09. The maximum atomic E-state index is 12.0. The summed E-state index contributed by atoms with van der Waals surface area (Å²) < 4.78 is 0. The van der Waals surface area contributed by atoms with Gasteiger partial charge in [-0.05, 0) is 46.1 Å². The number of carbonyl (C=O) groups is 1. The molecular formula is C15H24O. The van der Waals surface area contributed by atoms with E-state index in [2.05, 4.69) is 13.0 Å². The number of hydrogen-bond donors (Lipinski definition) is 0. The zero-order valence-electron chi connectivity index (χ0n) is 11.5. The quantitative estimate of drug-likeness (QED) is 0.621. The molecule has 0 aliphatic heterocycles. The van der Waals surface area contributed by atoms with Gasteiger partial charge in [-0.3, -0.25) is 4.79 Å². The third-order valence-corrected chi connectivity index (χ3v) is 2.77. The van der Waals surface area contributed by atoms with Crippen molar-refractivity contribution in [3.63, 3.8) is 0 Å². The van der Waals surface area contributed by atoms with Crippen molar-refractivity contribution in [1.82, 2.24) is 0 Å². The summed E-state index contributed by atoms with van der Waals surface area (Å²) in [5, 5.41) is 0. The Morgan fingerprint density at radius 3 is 2.19 bits per heavy atom. The van der Waals surface area contributed by atoms with E-state index in [0.29, 0.717) is 0 Å². The number of rotatable bonds is 2. The molecule has 0 radical (unpaired) electrons. The fourth-order valence-corrected chi connectivity index (χ4v) is 1.48. The number of carbonyl (C=O) groups excluding carboxylic acids is 1. The molecule has 0 spiro atoms. The molecule has 1 aliphatic carbocycles. The van der Waals surface area contributed by atoms with Crippen molar-refractivity contribution >= 4 is 5.78 Å². The average Bonchev–Trinajstić information content (AvgIpc) is 2.30. The molecule has 1 rings (SSSR count). The van der Waals surface area contributed by atoms with Gasteiger partial charge in [0.05, 0.1) is 0 Å². The van der Waals surface area contributed by atoms with Gasteiger partial charge >= 0.3 is 0 Å². The first-order chi connectivity index (χ1) is 7.54. The highest BCUT2D eigenvalue weighted by atomic mass is 16.1. The Morgan fingerprint density at radius 2 is 1.75 bits per heavy atom. The lowest BCUT2D eigenvalue weighted by Crippen LogP contribution is -2.07. The molecule has 0 N–H and O–H groups in total. The Kier molecular flexibility index (Phi) is 6.71. The van der Waals surface area contributed by atoms with Crippen molar-refractivity contribution in [2.45, 2.75) is 54.4 Å². The van der Waals surface area contributed by atoms with Crippen LogP contribution in [0.4, 0.5) is 0 Å². The van der Waals surface area contributed by atoms with Gasteiger partial charge in [0.1, 0.15) is 0 Å². The van der Waals surface area contributed by atoms with Crippen LogP contribution in [-0.4, -0.2) is 5.78 Å². The van der Waals surface area contributed by atoms with Crippen molar-refractivity contribution in [1.29, 1.82) is 0 Å². The topological polar surface area (TPSA) is 17.1 Å². The second kappa shape index (κ2) is 7.21. The molecule has 0 bridgehead atoms. The predicted molar refractivity (Wildman–Crippen MR) is 71.5 cm³/mol. The minimum atomic E-state index is 0.193. The smallest absolute Gasteiger partial charge is 0.188 e. The molecule has 0 amide bonds. The van der Waals surface area contributed by atoms with Gasteiger partial charge in [-0.15, -0.1) is 0 Å². The van der Waals surface area contributed by atoms with Crippen molar-refractivity contribution in [3.8, 4) is 0 Å². The van der Waals surface area contributed by atoms with Crippen LogP contribution in [0, 0.1) is 0 Å². The van der Waals surface area contributed by atoms with E-state index in [-0.39, 0.29) is 5.78 Å². The van der Waals surface area contributed by atoms with Crippen LogP contribution in [0.15, 0.2) is 34.4 Å². The van der Waals surface area contributed by atoms with E-state index in [4.69, 9.17) is 0 Å². The summed E-state index contributed by atoms with van der Waals surface area (Å²) in [7, 11) is 0. The third kappa shape index (κ3) is 3.80. The Labute approximate surface area is 99.9 Å². The minimum absolute atomic E-state index is 0.193. The monoisotopic (exact) mass is 220 g/mol. The number of allylic oxidation sites excluding steroid dienone is 6. The van der Waals surface area contributed by atoms with Crippen molar-refractivity contribution in [2.24, 2.45) is 0 Å². The van der Waals surface area contributed by atoms with E-state index in [0.717, 1.165) is 29.6 Å². The first kappa shape index (κ1) is 14.9. The molecule has 0 saturated carbocycles. The van der Waals surface area contributed by atoms with Crippen LogP contribution in [0.25, 0.3) is 0 Å². The lowest BCUT2D eigenvalue weighted by molar-refractivity contribution is -0.112. The van der Waals surface area contributed by atoms with Crippen LogP contribution in [0.3, 0.4) is 0 Å². The van der Waals surface area contributed by atoms with Gasteiger partial charge in [-0.2, -0.15) is 0 Å². The average molecular weight is 220 g/mol. The molecule has 0 saturated heterocycles. The fourth-order valence-electron chi connectivity index (χ4n) is 1.48. The molecule has 0 aromatic carbocycles. The van der Waals surface area contributed by atoms with E-state index in [1.54, 1.807) is 0 Å². The zero-order valence-corrected chi connectivity index (χ0v) is 11.5. The molecule has 0 heterocycles. The highest BCUT2D eigenvalue weighted by Crippen LogP contribution is 2.22. The van der Waals surface area contributed by atoms with E-state index in [9.17, 15) is 4.79 Å². The van der Waals surface area contributed by atoms with Crippen molar-refractivity contribution < 1.29 is 4.79 Å². The summed E-state index contributed by atoms with van der Waals surface area (Å²) in [4.78, 5) is 12.0. The molecule has 16 heavy (non-hydrogen) atoms. The van der Waals surface area contributed by atoms with Crippen LogP contribution in [0.5, 0.6) is 0 Å². The summed E-state index contributed by atoms with van der Waals surface area (Å²) >= 11 is 0. The van der Waals surface area contributed by atoms with Gasteiger partial charge in [0.25, 0.3) is 0 Å².